The molecule has 0 radical (unpaired) electrons. The van der Waals surface area contributed by atoms with Crippen LogP contribution in [0.5, 0.6) is 0 Å². The largest absolute Gasteiger partial charge is 0.481 e. The Morgan fingerprint density at radius 1 is 0.846 bits per heavy atom. The van der Waals surface area contributed by atoms with Crippen LogP contribution in [-0.4, -0.2) is 75.4 Å². The Morgan fingerprint density at radius 2 is 1.38 bits per heavy atom. The topological polar surface area (TPSA) is 118 Å². The average Bonchev–Trinajstić information content (AvgIpc) is 2.58. The highest BCUT2D eigenvalue weighted by atomic mass is 16.4. The van der Waals surface area contributed by atoms with Gasteiger partial charge in [0.1, 0.15) is 0 Å². The van der Waals surface area contributed by atoms with E-state index in [-0.39, 0.29) is 45.0 Å². The van der Waals surface area contributed by atoms with Crippen molar-refractivity contribution < 1.29 is 29.7 Å². The molecule has 0 bridgehead atoms. The van der Waals surface area contributed by atoms with Gasteiger partial charge in [0.05, 0.1) is 25.6 Å². The predicted octanol–water partition coefficient (Wildman–Crippen LogP) is 1.77. The van der Waals surface area contributed by atoms with E-state index in [4.69, 9.17) is 10.2 Å². The number of nitrogens with zero attached hydrogens (tertiary/aromatic N) is 2. The highest BCUT2D eigenvalue weighted by molar-refractivity contribution is 5.76. The summed E-state index contributed by atoms with van der Waals surface area (Å²) in [5, 5.41) is 27.1. The van der Waals surface area contributed by atoms with Crippen LogP contribution in [0, 0.1) is 0 Å². The quantitative estimate of drug-likeness (QED) is 0.278. The number of aliphatic hydroxyl groups is 1. The molecule has 0 rings (SSSR count). The van der Waals surface area contributed by atoms with Gasteiger partial charge in [-0.15, -0.1) is 0 Å². The van der Waals surface area contributed by atoms with Crippen LogP contribution < -0.4 is 0 Å². The van der Waals surface area contributed by atoms with E-state index < -0.39 is 18.1 Å². The standard InChI is InChI=1S/C18H34N2O6/c1-3-4-5-6-7-8-16(22)20(13-14-21)15(2)19(11-9-17(23)24)12-10-18(25)26/h15,21H,3-14H2,1-2H3,(H,23,24)(H,25,26). The van der Waals surface area contributed by atoms with Crippen LogP contribution in [0.15, 0.2) is 0 Å². The summed E-state index contributed by atoms with van der Waals surface area (Å²) in [7, 11) is 0. The van der Waals surface area contributed by atoms with Crippen molar-refractivity contribution in [2.75, 3.05) is 26.2 Å². The molecular weight excluding hydrogens is 340 g/mol. The molecule has 0 aliphatic heterocycles. The zero-order valence-corrected chi connectivity index (χ0v) is 16.0. The Kier molecular flexibility index (Phi) is 13.6. The van der Waals surface area contributed by atoms with E-state index in [1.807, 2.05) is 0 Å². The molecular formula is C18H34N2O6. The average molecular weight is 374 g/mol. The number of carbonyl (C=O) groups is 3. The van der Waals surface area contributed by atoms with Crippen molar-refractivity contribution in [2.45, 2.75) is 71.4 Å². The maximum absolute atomic E-state index is 12.5. The van der Waals surface area contributed by atoms with Gasteiger partial charge in [0.2, 0.25) is 5.91 Å². The monoisotopic (exact) mass is 374 g/mol. The van der Waals surface area contributed by atoms with E-state index in [0.717, 1.165) is 32.1 Å². The van der Waals surface area contributed by atoms with Gasteiger partial charge in [-0.05, 0) is 13.3 Å². The number of aliphatic hydroxyl groups excluding tert-OH is 1. The second-order valence-electron chi connectivity index (χ2n) is 6.43. The fourth-order valence-electron chi connectivity index (χ4n) is 2.81. The van der Waals surface area contributed by atoms with E-state index in [2.05, 4.69) is 6.92 Å². The molecule has 3 N–H and O–H groups in total. The Labute approximate surface area is 155 Å². The van der Waals surface area contributed by atoms with Crippen molar-refractivity contribution in [3.8, 4) is 0 Å². The van der Waals surface area contributed by atoms with Gasteiger partial charge in [-0.3, -0.25) is 19.3 Å². The summed E-state index contributed by atoms with van der Waals surface area (Å²) in [6.45, 7) is 4.11. The molecule has 0 aromatic rings. The molecule has 0 fully saturated rings. The first-order chi connectivity index (χ1) is 12.3. The molecule has 8 heteroatoms. The number of carboxylic acids is 2. The Hall–Kier alpha value is -1.67. The van der Waals surface area contributed by atoms with E-state index in [1.54, 1.807) is 11.8 Å². The molecule has 0 aromatic carbocycles. The van der Waals surface area contributed by atoms with E-state index >= 15 is 0 Å². The minimum absolute atomic E-state index is 0.0984. The van der Waals surface area contributed by atoms with E-state index in [1.165, 1.54) is 4.90 Å². The maximum atomic E-state index is 12.5. The molecule has 1 amide bonds. The van der Waals surface area contributed by atoms with Gasteiger partial charge in [0, 0.05) is 26.1 Å². The van der Waals surface area contributed by atoms with Crippen molar-refractivity contribution in [2.24, 2.45) is 0 Å². The van der Waals surface area contributed by atoms with Gasteiger partial charge in [-0.25, -0.2) is 0 Å². The molecule has 0 aliphatic rings. The van der Waals surface area contributed by atoms with Gasteiger partial charge in [-0.1, -0.05) is 32.6 Å². The third-order valence-electron chi connectivity index (χ3n) is 4.36. The van der Waals surface area contributed by atoms with Crippen molar-refractivity contribution in [1.82, 2.24) is 9.80 Å². The highest BCUT2D eigenvalue weighted by Gasteiger charge is 2.25. The van der Waals surface area contributed by atoms with Crippen LogP contribution in [0.4, 0.5) is 0 Å². The molecule has 0 saturated carbocycles. The molecule has 26 heavy (non-hydrogen) atoms. The fraction of sp³-hybridized carbons (Fsp3) is 0.833. The second kappa shape index (κ2) is 14.5. The fourth-order valence-corrected chi connectivity index (χ4v) is 2.81. The lowest BCUT2D eigenvalue weighted by Crippen LogP contribution is -2.51. The normalized spacial score (nSPS) is 12.2. The number of hydrogen-bond donors (Lipinski definition) is 3. The zero-order valence-electron chi connectivity index (χ0n) is 16.0. The van der Waals surface area contributed by atoms with Gasteiger partial charge in [-0.2, -0.15) is 0 Å². The summed E-state index contributed by atoms with van der Waals surface area (Å²) in [5.41, 5.74) is 0. The molecule has 0 aromatic heterocycles. The molecule has 1 unspecified atom stereocenters. The van der Waals surface area contributed by atoms with Crippen LogP contribution in [0.3, 0.4) is 0 Å². The third kappa shape index (κ3) is 11.0. The summed E-state index contributed by atoms with van der Waals surface area (Å²) in [6.07, 6.45) is 4.74. The summed E-state index contributed by atoms with van der Waals surface area (Å²) in [4.78, 5) is 37.5. The molecule has 152 valence electrons. The maximum Gasteiger partial charge on any atom is 0.304 e. The molecule has 0 spiro atoms. The Balaban J connectivity index is 4.84. The summed E-state index contributed by atoms with van der Waals surface area (Å²) in [5.74, 6) is -2.05. The first-order valence-corrected chi connectivity index (χ1v) is 9.41. The molecule has 0 aliphatic carbocycles. The van der Waals surface area contributed by atoms with E-state index in [0.29, 0.717) is 6.42 Å². The summed E-state index contributed by atoms with van der Waals surface area (Å²) in [6, 6.07) is 0. The van der Waals surface area contributed by atoms with Gasteiger partial charge < -0.3 is 20.2 Å². The molecule has 1 atom stereocenters. The van der Waals surface area contributed by atoms with Gasteiger partial charge in [0.15, 0.2) is 0 Å². The lowest BCUT2D eigenvalue weighted by Gasteiger charge is -2.37. The number of aliphatic carboxylic acids is 2. The number of rotatable bonds is 16. The Bertz CT molecular complexity index is 412. The van der Waals surface area contributed by atoms with Crippen LogP contribution in [0.25, 0.3) is 0 Å². The third-order valence-corrected chi connectivity index (χ3v) is 4.36. The van der Waals surface area contributed by atoms with Gasteiger partial charge in [0.25, 0.3) is 0 Å². The smallest absolute Gasteiger partial charge is 0.304 e. The van der Waals surface area contributed by atoms with Crippen molar-refractivity contribution in [3.63, 3.8) is 0 Å². The molecule has 0 heterocycles. The van der Waals surface area contributed by atoms with Crippen LogP contribution >= 0.6 is 0 Å². The number of amides is 1. The van der Waals surface area contributed by atoms with Gasteiger partial charge >= 0.3 is 11.9 Å². The second-order valence-corrected chi connectivity index (χ2v) is 6.43. The first kappa shape index (κ1) is 24.3. The van der Waals surface area contributed by atoms with Crippen molar-refractivity contribution >= 4 is 17.8 Å². The number of carboxylic acid groups (broad SMARTS) is 2. The highest BCUT2D eigenvalue weighted by Crippen LogP contribution is 2.13. The zero-order chi connectivity index (χ0) is 19.9. The predicted molar refractivity (Wildman–Crippen MR) is 97.7 cm³/mol. The lowest BCUT2D eigenvalue weighted by atomic mass is 10.1. The first-order valence-electron chi connectivity index (χ1n) is 9.41. The number of hydrogen-bond acceptors (Lipinski definition) is 5. The van der Waals surface area contributed by atoms with Crippen LogP contribution in [0.2, 0.25) is 0 Å². The SMILES string of the molecule is CCCCCCCC(=O)N(CCO)C(C)N(CCC(=O)O)CCC(=O)O. The lowest BCUT2D eigenvalue weighted by molar-refractivity contribution is -0.140. The number of carbonyl (C=O) groups excluding carboxylic acids is 1. The van der Waals surface area contributed by atoms with Crippen LogP contribution in [-0.2, 0) is 14.4 Å². The molecule has 0 saturated heterocycles. The minimum atomic E-state index is -0.978. The summed E-state index contributed by atoms with van der Waals surface area (Å²) < 4.78 is 0. The molecule has 8 nitrogen and oxygen atoms in total. The number of unbranched alkanes of at least 4 members (excludes halogenated alkanes) is 4. The van der Waals surface area contributed by atoms with Crippen molar-refractivity contribution in [1.29, 1.82) is 0 Å². The van der Waals surface area contributed by atoms with Crippen LogP contribution in [0.1, 0.15) is 65.2 Å². The minimum Gasteiger partial charge on any atom is -0.481 e. The van der Waals surface area contributed by atoms with Crippen molar-refractivity contribution in [3.05, 3.63) is 0 Å². The Morgan fingerprint density at radius 3 is 1.85 bits per heavy atom. The van der Waals surface area contributed by atoms with E-state index in [9.17, 15) is 19.5 Å². The summed E-state index contributed by atoms with van der Waals surface area (Å²) >= 11 is 0.